The molecule has 0 saturated carbocycles. The molecule has 1 heterocycles. The Morgan fingerprint density at radius 1 is 0.971 bits per heavy atom. The molecule has 0 aromatic heterocycles. The number of amides is 2. The number of urea groups is 1. The van der Waals surface area contributed by atoms with Gasteiger partial charge in [0, 0.05) is 18.8 Å². The summed E-state index contributed by atoms with van der Waals surface area (Å²) in [7, 11) is -0.520. The molecule has 0 fully saturated rings. The predicted molar refractivity (Wildman–Crippen MR) is 131 cm³/mol. The van der Waals surface area contributed by atoms with Crippen LogP contribution in [0.5, 0.6) is 11.5 Å². The first-order chi connectivity index (χ1) is 16.4. The maximum Gasteiger partial charge on any atom is 0.319 e. The molecule has 0 spiro atoms. The van der Waals surface area contributed by atoms with E-state index in [1.807, 2.05) is 12.1 Å². The number of benzene rings is 3. The van der Waals surface area contributed by atoms with Crippen LogP contribution < -0.4 is 24.4 Å². The van der Waals surface area contributed by atoms with Crippen LogP contribution in [0.3, 0.4) is 0 Å². The number of rotatable bonds is 7. The maximum atomic E-state index is 13.1. The topological polar surface area (TPSA) is 97.0 Å². The fourth-order valence-corrected chi connectivity index (χ4v) is 5.52. The van der Waals surface area contributed by atoms with Gasteiger partial charge in [0.25, 0.3) is 10.0 Å². The van der Waals surface area contributed by atoms with E-state index in [9.17, 15) is 13.2 Å². The van der Waals surface area contributed by atoms with Gasteiger partial charge in [-0.3, -0.25) is 4.31 Å². The summed E-state index contributed by atoms with van der Waals surface area (Å²) in [5, 5.41) is 5.64. The number of nitrogens with one attached hydrogen (secondary N) is 2. The van der Waals surface area contributed by atoms with Gasteiger partial charge >= 0.3 is 6.03 Å². The standard InChI is InChI=1S/C25H27N3O5S/c1-32-23-13-10-18(15-24(23)33-2)17-26-25(29)27-20-11-12-22-19(16-20)7-6-14-28(22)34(30,31)21-8-4-3-5-9-21/h3-5,8-13,15-16H,6-7,14,17H2,1-2H3,(H2,26,27,29). The molecule has 178 valence electrons. The summed E-state index contributed by atoms with van der Waals surface area (Å²) in [4.78, 5) is 12.7. The molecule has 0 bridgehead atoms. The number of fused-ring (bicyclic) bond motifs is 1. The molecule has 1 aliphatic rings. The number of anilines is 2. The van der Waals surface area contributed by atoms with Crippen molar-refractivity contribution in [3.05, 3.63) is 77.9 Å². The van der Waals surface area contributed by atoms with E-state index in [2.05, 4.69) is 10.6 Å². The van der Waals surface area contributed by atoms with Crippen LogP contribution in [0.1, 0.15) is 17.5 Å². The van der Waals surface area contributed by atoms with Crippen molar-refractivity contribution in [2.75, 3.05) is 30.4 Å². The van der Waals surface area contributed by atoms with Crippen LogP contribution in [0.15, 0.2) is 71.6 Å². The van der Waals surface area contributed by atoms with E-state index in [1.54, 1.807) is 68.8 Å². The van der Waals surface area contributed by atoms with E-state index in [0.29, 0.717) is 42.4 Å². The number of ether oxygens (including phenoxy) is 2. The molecule has 1 aliphatic heterocycles. The second kappa shape index (κ2) is 10.0. The molecule has 0 atom stereocenters. The minimum atomic E-state index is -3.65. The van der Waals surface area contributed by atoms with Crippen molar-refractivity contribution in [1.82, 2.24) is 5.32 Å². The zero-order valence-corrected chi connectivity index (χ0v) is 19.9. The van der Waals surface area contributed by atoms with Crippen molar-refractivity contribution in [1.29, 1.82) is 0 Å². The lowest BCUT2D eigenvalue weighted by molar-refractivity contribution is 0.251. The number of methoxy groups -OCH3 is 2. The van der Waals surface area contributed by atoms with Gasteiger partial charge in [-0.2, -0.15) is 0 Å². The number of aryl methyl sites for hydroxylation is 1. The summed E-state index contributed by atoms with van der Waals surface area (Å²) in [6, 6.07) is 18.8. The third-order valence-electron chi connectivity index (χ3n) is 5.65. The van der Waals surface area contributed by atoms with Gasteiger partial charge in [0.1, 0.15) is 0 Å². The van der Waals surface area contributed by atoms with Crippen molar-refractivity contribution < 1.29 is 22.7 Å². The van der Waals surface area contributed by atoms with Crippen molar-refractivity contribution in [3.8, 4) is 11.5 Å². The Morgan fingerprint density at radius 2 is 1.74 bits per heavy atom. The molecular weight excluding hydrogens is 454 g/mol. The largest absolute Gasteiger partial charge is 0.493 e. The monoisotopic (exact) mass is 481 g/mol. The number of carbonyl (C=O) groups excluding carboxylic acids is 1. The molecule has 2 amide bonds. The molecule has 0 unspecified atom stereocenters. The van der Waals surface area contributed by atoms with E-state index >= 15 is 0 Å². The zero-order valence-electron chi connectivity index (χ0n) is 19.1. The van der Waals surface area contributed by atoms with Crippen molar-refractivity contribution in [2.24, 2.45) is 0 Å². The number of hydrogen-bond acceptors (Lipinski definition) is 5. The lowest BCUT2D eigenvalue weighted by Crippen LogP contribution is -2.35. The second-order valence-electron chi connectivity index (χ2n) is 7.83. The van der Waals surface area contributed by atoms with E-state index in [1.165, 1.54) is 4.31 Å². The summed E-state index contributed by atoms with van der Waals surface area (Å²) >= 11 is 0. The van der Waals surface area contributed by atoms with Crippen LogP contribution in [0, 0.1) is 0 Å². The number of sulfonamides is 1. The lowest BCUT2D eigenvalue weighted by Gasteiger charge is -2.30. The first-order valence-electron chi connectivity index (χ1n) is 10.9. The lowest BCUT2D eigenvalue weighted by atomic mass is 10.0. The van der Waals surface area contributed by atoms with Gasteiger partial charge in [-0.1, -0.05) is 24.3 Å². The summed E-state index contributed by atoms with van der Waals surface area (Å²) < 4.78 is 38.3. The molecule has 4 rings (SSSR count). The first-order valence-corrected chi connectivity index (χ1v) is 12.3. The molecule has 34 heavy (non-hydrogen) atoms. The highest BCUT2D eigenvalue weighted by Gasteiger charge is 2.29. The minimum absolute atomic E-state index is 0.264. The fraction of sp³-hybridized carbons (Fsp3) is 0.240. The van der Waals surface area contributed by atoms with E-state index in [-0.39, 0.29) is 10.9 Å². The van der Waals surface area contributed by atoms with Gasteiger partial charge in [-0.15, -0.1) is 0 Å². The van der Waals surface area contributed by atoms with Crippen LogP contribution >= 0.6 is 0 Å². The van der Waals surface area contributed by atoms with Crippen molar-refractivity contribution in [3.63, 3.8) is 0 Å². The van der Waals surface area contributed by atoms with E-state index in [0.717, 1.165) is 17.5 Å². The number of nitrogens with zero attached hydrogens (tertiary/aromatic N) is 1. The predicted octanol–water partition coefficient (Wildman–Crippen LogP) is 4.17. The molecule has 3 aromatic carbocycles. The second-order valence-corrected chi connectivity index (χ2v) is 9.70. The zero-order chi connectivity index (χ0) is 24.1. The highest BCUT2D eigenvalue weighted by atomic mass is 32.2. The van der Waals surface area contributed by atoms with Crippen LogP contribution in [0.4, 0.5) is 16.2 Å². The average molecular weight is 482 g/mol. The summed E-state index contributed by atoms with van der Waals surface area (Å²) in [6.07, 6.45) is 1.44. The van der Waals surface area contributed by atoms with Crippen LogP contribution in [0.25, 0.3) is 0 Å². The minimum Gasteiger partial charge on any atom is -0.493 e. The van der Waals surface area contributed by atoms with Gasteiger partial charge in [0.2, 0.25) is 0 Å². The Bertz CT molecular complexity index is 1280. The summed E-state index contributed by atoms with van der Waals surface area (Å²) in [5.41, 5.74) is 2.98. The third-order valence-corrected chi connectivity index (χ3v) is 7.47. The van der Waals surface area contributed by atoms with E-state index in [4.69, 9.17) is 9.47 Å². The Morgan fingerprint density at radius 3 is 2.47 bits per heavy atom. The molecule has 0 radical (unpaired) electrons. The number of hydrogen-bond donors (Lipinski definition) is 2. The fourth-order valence-electron chi connectivity index (χ4n) is 3.96. The SMILES string of the molecule is COc1ccc(CNC(=O)Nc2ccc3c(c2)CCCN3S(=O)(=O)c2ccccc2)cc1OC. The third kappa shape index (κ3) is 4.94. The van der Waals surface area contributed by atoms with Crippen molar-refractivity contribution in [2.45, 2.75) is 24.3 Å². The molecule has 2 N–H and O–H groups in total. The molecule has 9 heteroatoms. The highest BCUT2D eigenvalue weighted by Crippen LogP contribution is 2.34. The quantitative estimate of drug-likeness (QED) is 0.528. The summed E-state index contributed by atoms with van der Waals surface area (Å²) in [6.45, 7) is 0.725. The van der Waals surface area contributed by atoms with Gasteiger partial charge in [0.05, 0.1) is 24.8 Å². The van der Waals surface area contributed by atoms with Gasteiger partial charge in [0.15, 0.2) is 11.5 Å². The Balaban J connectivity index is 1.44. The smallest absolute Gasteiger partial charge is 0.319 e. The molecular formula is C25H27N3O5S. The molecule has 0 aliphatic carbocycles. The Kier molecular flexibility index (Phi) is 6.93. The highest BCUT2D eigenvalue weighted by molar-refractivity contribution is 7.92. The van der Waals surface area contributed by atoms with Crippen LogP contribution in [-0.2, 0) is 23.0 Å². The van der Waals surface area contributed by atoms with E-state index < -0.39 is 10.0 Å². The van der Waals surface area contributed by atoms with Crippen LogP contribution in [-0.4, -0.2) is 35.2 Å². The van der Waals surface area contributed by atoms with Crippen molar-refractivity contribution >= 4 is 27.4 Å². The molecule has 3 aromatic rings. The first kappa shape index (κ1) is 23.4. The normalized spacial score (nSPS) is 13.1. The van der Waals surface area contributed by atoms with Gasteiger partial charge in [-0.05, 0) is 66.4 Å². The Labute approximate surface area is 199 Å². The van der Waals surface area contributed by atoms with Crippen LogP contribution in [0.2, 0.25) is 0 Å². The molecule has 8 nitrogen and oxygen atoms in total. The Hall–Kier alpha value is -3.72. The molecule has 0 saturated heterocycles. The van der Waals surface area contributed by atoms with Gasteiger partial charge in [-0.25, -0.2) is 13.2 Å². The number of carbonyl (C=O) groups is 1. The average Bonchev–Trinajstić information content (AvgIpc) is 2.87. The summed E-state index contributed by atoms with van der Waals surface area (Å²) in [5.74, 6) is 1.21. The van der Waals surface area contributed by atoms with Gasteiger partial charge < -0.3 is 20.1 Å². The maximum absolute atomic E-state index is 13.1.